The SMILES string of the molecule is C=C(NC)C1=CC(C)=CC(C(C)c2ccccc2)N1.CCC1C=NC(C)=C1CCNC=O. The van der Waals surface area contributed by atoms with Gasteiger partial charge in [0, 0.05) is 37.3 Å². The highest BCUT2D eigenvalue weighted by molar-refractivity contribution is 5.70. The third-order valence-electron chi connectivity index (χ3n) is 6.05. The van der Waals surface area contributed by atoms with Crippen molar-refractivity contribution in [2.75, 3.05) is 13.6 Å². The van der Waals surface area contributed by atoms with Crippen molar-refractivity contribution < 1.29 is 4.79 Å². The zero-order chi connectivity index (χ0) is 23.5. The number of benzene rings is 1. The first-order valence-corrected chi connectivity index (χ1v) is 11.4. The van der Waals surface area contributed by atoms with Gasteiger partial charge in [0.2, 0.25) is 6.41 Å². The van der Waals surface area contributed by atoms with Crippen LogP contribution >= 0.6 is 0 Å². The van der Waals surface area contributed by atoms with Crippen molar-refractivity contribution in [3.63, 3.8) is 0 Å². The summed E-state index contributed by atoms with van der Waals surface area (Å²) < 4.78 is 0. The van der Waals surface area contributed by atoms with E-state index < -0.39 is 0 Å². The minimum absolute atomic E-state index is 0.299. The molecule has 2 heterocycles. The van der Waals surface area contributed by atoms with E-state index in [0.717, 1.165) is 42.9 Å². The standard InChI is InChI=1S/C17H22N2.C10H16N2O/c1-12-10-16(19-17(11-12)14(3)18-4)13(2)15-8-6-5-7-9-15;1-3-9-6-12-8(2)10(9)4-5-11-7-13/h5-11,13,16,18-19H,3H2,1-2,4H3;6-7,9H,3-5H2,1-2H3,(H,11,13). The van der Waals surface area contributed by atoms with Crippen LogP contribution < -0.4 is 16.0 Å². The first kappa shape index (κ1) is 25.2. The maximum Gasteiger partial charge on any atom is 0.207 e. The summed E-state index contributed by atoms with van der Waals surface area (Å²) in [5, 5.41) is 9.33. The molecule has 5 nitrogen and oxygen atoms in total. The fraction of sp³-hybridized carbons (Fsp3) is 0.407. The van der Waals surface area contributed by atoms with E-state index in [0.29, 0.717) is 17.9 Å². The van der Waals surface area contributed by atoms with Crippen molar-refractivity contribution in [2.45, 2.75) is 52.5 Å². The molecule has 1 amide bonds. The molecule has 32 heavy (non-hydrogen) atoms. The Morgan fingerprint density at radius 2 is 2.00 bits per heavy atom. The van der Waals surface area contributed by atoms with Crippen molar-refractivity contribution in [2.24, 2.45) is 10.9 Å². The zero-order valence-electron chi connectivity index (χ0n) is 20.1. The van der Waals surface area contributed by atoms with Gasteiger partial charge in [-0.25, -0.2) is 0 Å². The van der Waals surface area contributed by atoms with Gasteiger partial charge < -0.3 is 16.0 Å². The van der Waals surface area contributed by atoms with E-state index in [1.807, 2.05) is 20.2 Å². The number of carbonyl (C=O) groups excluding carboxylic acids is 1. The number of dihydropyridines is 1. The average Bonchev–Trinajstić information content (AvgIpc) is 3.18. The van der Waals surface area contributed by atoms with Crippen LogP contribution in [0.5, 0.6) is 0 Å². The molecule has 3 atom stereocenters. The first-order valence-electron chi connectivity index (χ1n) is 11.4. The molecule has 0 radical (unpaired) electrons. The summed E-state index contributed by atoms with van der Waals surface area (Å²) in [4.78, 5) is 14.3. The molecule has 0 bridgehead atoms. The second-order valence-electron chi connectivity index (χ2n) is 8.29. The molecule has 1 aromatic rings. The molecule has 3 rings (SSSR count). The van der Waals surface area contributed by atoms with Crippen molar-refractivity contribution in [3.05, 3.63) is 82.9 Å². The first-order chi connectivity index (χ1) is 15.4. The number of hydrogen-bond donors (Lipinski definition) is 3. The maximum absolute atomic E-state index is 10.1. The van der Waals surface area contributed by atoms with Gasteiger partial charge in [-0.2, -0.15) is 0 Å². The summed E-state index contributed by atoms with van der Waals surface area (Å²) >= 11 is 0. The van der Waals surface area contributed by atoms with Gasteiger partial charge in [-0.1, -0.05) is 62.4 Å². The van der Waals surface area contributed by atoms with Gasteiger partial charge in [0.25, 0.3) is 0 Å². The van der Waals surface area contributed by atoms with Gasteiger partial charge >= 0.3 is 0 Å². The van der Waals surface area contributed by atoms with Crippen molar-refractivity contribution in [1.82, 2.24) is 16.0 Å². The van der Waals surface area contributed by atoms with Gasteiger partial charge in [-0.15, -0.1) is 0 Å². The van der Waals surface area contributed by atoms with Crippen LogP contribution in [-0.2, 0) is 4.79 Å². The molecule has 2 aliphatic heterocycles. The van der Waals surface area contributed by atoms with Gasteiger partial charge in [0.05, 0.1) is 17.4 Å². The molecule has 0 aliphatic carbocycles. The molecule has 0 aromatic heterocycles. The van der Waals surface area contributed by atoms with E-state index in [2.05, 4.69) is 90.8 Å². The summed E-state index contributed by atoms with van der Waals surface area (Å²) in [7, 11) is 1.90. The molecule has 0 saturated carbocycles. The lowest BCUT2D eigenvalue weighted by molar-refractivity contribution is -0.109. The smallest absolute Gasteiger partial charge is 0.207 e. The number of hydrogen-bond acceptors (Lipinski definition) is 4. The Labute approximate surface area is 193 Å². The monoisotopic (exact) mass is 434 g/mol. The van der Waals surface area contributed by atoms with Gasteiger partial charge in [-0.05, 0) is 43.9 Å². The summed E-state index contributed by atoms with van der Waals surface area (Å²) in [6, 6.07) is 10.9. The van der Waals surface area contributed by atoms with Crippen LogP contribution in [0.4, 0.5) is 0 Å². The van der Waals surface area contributed by atoms with Crippen molar-refractivity contribution >= 4 is 12.6 Å². The fourth-order valence-electron chi connectivity index (χ4n) is 3.99. The van der Waals surface area contributed by atoms with Gasteiger partial charge in [-0.3, -0.25) is 9.79 Å². The van der Waals surface area contributed by atoms with Crippen LogP contribution in [0.1, 0.15) is 52.0 Å². The Balaban J connectivity index is 0.000000244. The third-order valence-corrected chi connectivity index (χ3v) is 6.05. The molecule has 0 fully saturated rings. The van der Waals surface area contributed by atoms with E-state index in [9.17, 15) is 4.79 Å². The second-order valence-corrected chi connectivity index (χ2v) is 8.29. The highest BCUT2D eigenvalue weighted by atomic mass is 16.1. The Bertz CT molecular complexity index is 895. The lowest BCUT2D eigenvalue weighted by Gasteiger charge is -2.29. The zero-order valence-corrected chi connectivity index (χ0v) is 20.1. The van der Waals surface area contributed by atoms with Crippen LogP contribution in [-0.4, -0.2) is 32.3 Å². The fourth-order valence-corrected chi connectivity index (χ4v) is 3.99. The lowest BCUT2D eigenvalue weighted by Crippen LogP contribution is -2.36. The van der Waals surface area contributed by atoms with Crippen LogP contribution in [0.2, 0.25) is 0 Å². The van der Waals surface area contributed by atoms with Gasteiger partial charge in [0.15, 0.2) is 0 Å². The number of nitrogens with one attached hydrogen (secondary N) is 3. The van der Waals surface area contributed by atoms with Crippen molar-refractivity contribution in [1.29, 1.82) is 0 Å². The highest BCUT2D eigenvalue weighted by Gasteiger charge is 2.21. The second kappa shape index (κ2) is 12.7. The van der Waals surface area contributed by atoms with Gasteiger partial charge in [0.1, 0.15) is 0 Å². The van der Waals surface area contributed by atoms with E-state index in [-0.39, 0.29) is 0 Å². The normalized spacial score (nSPS) is 20.3. The number of allylic oxidation sites excluding steroid dienone is 3. The minimum Gasteiger partial charge on any atom is -0.387 e. The van der Waals surface area contributed by atoms with Crippen molar-refractivity contribution in [3.8, 4) is 0 Å². The predicted octanol–water partition coefficient (Wildman–Crippen LogP) is 4.83. The summed E-state index contributed by atoms with van der Waals surface area (Å²) in [5.74, 6) is 0.915. The number of aliphatic imine (C=N–C) groups is 1. The number of nitrogens with zero attached hydrogens (tertiary/aromatic N) is 1. The Hall–Kier alpha value is -3.08. The van der Waals surface area contributed by atoms with E-state index in [4.69, 9.17) is 0 Å². The minimum atomic E-state index is 0.299. The summed E-state index contributed by atoms with van der Waals surface area (Å²) in [6.45, 7) is 13.3. The topological polar surface area (TPSA) is 65.5 Å². The molecule has 0 spiro atoms. The summed E-state index contributed by atoms with van der Waals surface area (Å²) in [6.07, 6.45) is 9.18. The number of carbonyl (C=O) groups is 1. The molecule has 3 N–H and O–H groups in total. The largest absolute Gasteiger partial charge is 0.387 e. The molecular formula is C27H38N4O. The molecule has 2 aliphatic rings. The third kappa shape index (κ3) is 6.98. The van der Waals surface area contributed by atoms with E-state index in [1.165, 1.54) is 16.7 Å². The van der Waals surface area contributed by atoms with Crippen LogP contribution in [0, 0.1) is 5.92 Å². The van der Waals surface area contributed by atoms with E-state index >= 15 is 0 Å². The number of rotatable bonds is 9. The molecular weight excluding hydrogens is 396 g/mol. The van der Waals surface area contributed by atoms with E-state index in [1.54, 1.807) is 0 Å². The maximum atomic E-state index is 10.1. The Morgan fingerprint density at radius 3 is 2.62 bits per heavy atom. The quantitative estimate of drug-likeness (QED) is 0.385. The average molecular weight is 435 g/mol. The van der Waals surface area contributed by atoms with Crippen LogP contribution in [0.25, 0.3) is 0 Å². The van der Waals surface area contributed by atoms with Crippen LogP contribution in [0.15, 0.2) is 82.3 Å². The molecule has 172 valence electrons. The molecule has 1 aromatic carbocycles. The number of amides is 1. The molecule has 5 heteroatoms. The molecule has 3 unspecified atom stereocenters. The number of likely N-dealkylation sites (N-methyl/N-ethyl adjacent to an activating group) is 1. The Morgan fingerprint density at radius 1 is 1.28 bits per heavy atom. The van der Waals surface area contributed by atoms with Crippen LogP contribution in [0.3, 0.4) is 0 Å². The predicted molar refractivity (Wildman–Crippen MR) is 135 cm³/mol. The lowest BCUT2D eigenvalue weighted by atomic mass is 9.90. The molecule has 0 saturated heterocycles. The highest BCUT2D eigenvalue weighted by Crippen LogP contribution is 2.27. The summed E-state index contributed by atoms with van der Waals surface area (Å²) in [5.41, 5.74) is 7.13. The Kier molecular flexibility index (Phi) is 9.99.